The quantitative estimate of drug-likeness (QED) is 0.515. The number of nitrogens with zero attached hydrogens (tertiary/aromatic N) is 3. The number of benzene rings is 2. The van der Waals surface area contributed by atoms with Crippen molar-refractivity contribution in [3.05, 3.63) is 101 Å². The molecule has 138 valence electrons. The lowest BCUT2D eigenvalue weighted by atomic mass is 10.2. The molecule has 3 aromatic rings. The minimum atomic E-state index is -0.307. The van der Waals surface area contributed by atoms with E-state index in [0.717, 1.165) is 0 Å². The van der Waals surface area contributed by atoms with E-state index in [4.69, 9.17) is 0 Å². The molecule has 0 aliphatic heterocycles. The molecule has 0 fully saturated rings. The largest absolute Gasteiger partial charge is 0.271 e. The average molecular weight is 371 g/mol. The van der Waals surface area contributed by atoms with Gasteiger partial charge in [-0.1, -0.05) is 42.5 Å². The van der Waals surface area contributed by atoms with Gasteiger partial charge >= 0.3 is 0 Å². The summed E-state index contributed by atoms with van der Waals surface area (Å²) in [5, 5.41) is 7.81. The van der Waals surface area contributed by atoms with Gasteiger partial charge in [-0.05, 0) is 36.4 Å². The Bertz CT molecular complexity index is 923. The fourth-order valence-electron chi connectivity index (χ4n) is 2.23. The zero-order valence-corrected chi connectivity index (χ0v) is 14.8. The standard InChI is InChI=1S/C21H17N5O2/c27-20(16-8-3-1-4-9-16)25-22-14-18-12-7-13-19(24-18)15-23-26-21(28)17-10-5-2-6-11-17/h1-15H,(H,25,27)(H,26,28)/b22-14+,23-15+. The molecule has 1 heterocycles. The Morgan fingerprint density at radius 1 is 0.643 bits per heavy atom. The summed E-state index contributed by atoms with van der Waals surface area (Å²) in [5.41, 5.74) is 6.99. The van der Waals surface area contributed by atoms with E-state index in [1.807, 2.05) is 12.1 Å². The Kier molecular flexibility index (Phi) is 6.35. The van der Waals surface area contributed by atoms with Crippen molar-refractivity contribution in [3.8, 4) is 0 Å². The molecule has 0 aliphatic rings. The molecule has 28 heavy (non-hydrogen) atoms. The van der Waals surface area contributed by atoms with Crippen LogP contribution in [0.3, 0.4) is 0 Å². The maximum Gasteiger partial charge on any atom is 0.271 e. The van der Waals surface area contributed by atoms with Gasteiger partial charge in [-0.3, -0.25) is 9.59 Å². The number of nitrogens with one attached hydrogen (secondary N) is 2. The molecule has 0 spiro atoms. The molecular weight excluding hydrogens is 354 g/mol. The second kappa shape index (κ2) is 9.54. The molecule has 0 bridgehead atoms. The van der Waals surface area contributed by atoms with E-state index in [2.05, 4.69) is 26.0 Å². The molecule has 0 radical (unpaired) electrons. The average Bonchev–Trinajstić information content (AvgIpc) is 2.75. The van der Waals surface area contributed by atoms with Crippen molar-refractivity contribution >= 4 is 24.2 Å². The van der Waals surface area contributed by atoms with Gasteiger partial charge in [-0.2, -0.15) is 10.2 Å². The molecule has 2 amide bonds. The van der Waals surface area contributed by atoms with Crippen LogP contribution in [0.4, 0.5) is 0 Å². The van der Waals surface area contributed by atoms with Gasteiger partial charge in [0.1, 0.15) is 0 Å². The highest BCUT2D eigenvalue weighted by molar-refractivity contribution is 5.95. The van der Waals surface area contributed by atoms with Gasteiger partial charge in [0, 0.05) is 11.1 Å². The highest BCUT2D eigenvalue weighted by Gasteiger charge is 2.03. The number of rotatable bonds is 6. The minimum absolute atomic E-state index is 0.307. The number of hydrogen-bond donors (Lipinski definition) is 2. The maximum absolute atomic E-state index is 11.9. The first kappa shape index (κ1) is 18.7. The van der Waals surface area contributed by atoms with Crippen LogP contribution in [0, 0.1) is 0 Å². The number of aromatic nitrogens is 1. The van der Waals surface area contributed by atoms with Gasteiger partial charge < -0.3 is 0 Å². The van der Waals surface area contributed by atoms with Crippen molar-refractivity contribution in [2.45, 2.75) is 0 Å². The third-order valence-corrected chi connectivity index (χ3v) is 3.59. The Morgan fingerprint density at radius 3 is 1.50 bits per heavy atom. The van der Waals surface area contributed by atoms with Crippen LogP contribution in [0.1, 0.15) is 32.1 Å². The number of amides is 2. The predicted octanol–water partition coefficient (Wildman–Crippen LogP) is 2.61. The molecule has 3 rings (SSSR count). The summed E-state index contributed by atoms with van der Waals surface area (Å²) < 4.78 is 0. The summed E-state index contributed by atoms with van der Waals surface area (Å²) >= 11 is 0. The third kappa shape index (κ3) is 5.43. The Morgan fingerprint density at radius 2 is 1.07 bits per heavy atom. The van der Waals surface area contributed by atoms with Crippen LogP contribution in [0.2, 0.25) is 0 Å². The Labute approximate surface area is 161 Å². The van der Waals surface area contributed by atoms with E-state index in [-0.39, 0.29) is 11.8 Å². The Hall–Kier alpha value is -4.13. The number of hydrazone groups is 2. The maximum atomic E-state index is 11.9. The first-order valence-corrected chi connectivity index (χ1v) is 8.46. The molecule has 2 aromatic carbocycles. The van der Waals surface area contributed by atoms with Crippen molar-refractivity contribution < 1.29 is 9.59 Å². The van der Waals surface area contributed by atoms with Crippen molar-refractivity contribution in [3.63, 3.8) is 0 Å². The lowest BCUT2D eigenvalue weighted by Crippen LogP contribution is -2.17. The van der Waals surface area contributed by atoms with Crippen LogP contribution in [-0.4, -0.2) is 29.2 Å². The summed E-state index contributed by atoms with van der Waals surface area (Å²) in [6.07, 6.45) is 2.86. The zero-order chi connectivity index (χ0) is 19.6. The van der Waals surface area contributed by atoms with E-state index in [9.17, 15) is 9.59 Å². The molecular formula is C21H17N5O2. The molecule has 0 atom stereocenters. The normalized spacial score (nSPS) is 10.9. The SMILES string of the molecule is O=C(N/N=C/c1cccc(/C=N/NC(=O)c2ccccc2)n1)c1ccccc1. The van der Waals surface area contributed by atoms with Gasteiger partial charge in [-0.15, -0.1) is 0 Å². The lowest BCUT2D eigenvalue weighted by molar-refractivity contribution is 0.0947. The highest BCUT2D eigenvalue weighted by Crippen LogP contribution is 1.99. The summed E-state index contributed by atoms with van der Waals surface area (Å²) in [4.78, 5) is 28.1. The van der Waals surface area contributed by atoms with Crippen LogP contribution in [0.25, 0.3) is 0 Å². The summed E-state index contributed by atoms with van der Waals surface area (Å²) in [5.74, 6) is -0.614. The Balaban J connectivity index is 1.56. The molecule has 0 unspecified atom stereocenters. The third-order valence-electron chi connectivity index (χ3n) is 3.59. The molecule has 0 aliphatic carbocycles. The fraction of sp³-hybridized carbons (Fsp3) is 0. The molecule has 7 heteroatoms. The van der Waals surface area contributed by atoms with Gasteiger partial charge in [0.05, 0.1) is 23.8 Å². The fourth-order valence-corrected chi connectivity index (χ4v) is 2.23. The minimum Gasteiger partial charge on any atom is -0.267 e. The van der Waals surface area contributed by atoms with Gasteiger partial charge in [0.2, 0.25) is 0 Å². The topological polar surface area (TPSA) is 95.8 Å². The monoisotopic (exact) mass is 371 g/mol. The van der Waals surface area contributed by atoms with E-state index in [1.54, 1.807) is 66.7 Å². The van der Waals surface area contributed by atoms with Crippen molar-refractivity contribution in [2.75, 3.05) is 0 Å². The second-order valence-electron chi connectivity index (χ2n) is 5.62. The van der Waals surface area contributed by atoms with Crippen LogP contribution in [-0.2, 0) is 0 Å². The van der Waals surface area contributed by atoms with Gasteiger partial charge in [0.25, 0.3) is 11.8 Å². The van der Waals surface area contributed by atoms with E-state index >= 15 is 0 Å². The van der Waals surface area contributed by atoms with Crippen LogP contribution < -0.4 is 10.9 Å². The number of carbonyl (C=O) groups excluding carboxylic acids is 2. The number of pyridine rings is 1. The van der Waals surface area contributed by atoms with E-state index < -0.39 is 0 Å². The molecule has 7 nitrogen and oxygen atoms in total. The summed E-state index contributed by atoms with van der Waals surface area (Å²) in [7, 11) is 0. The number of carbonyl (C=O) groups is 2. The summed E-state index contributed by atoms with van der Waals surface area (Å²) in [6.45, 7) is 0. The van der Waals surface area contributed by atoms with Gasteiger partial charge in [0.15, 0.2) is 0 Å². The number of hydrogen-bond acceptors (Lipinski definition) is 5. The first-order chi connectivity index (χ1) is 13.7. The van der Waals surface area contributed by atoms with E-state index in [1.165, 1.54) is 12.4 Å². The van der Waals surface area contributed by atoms with Crippen molar-refractivity contribution in [1.82, 2.24) is 15.8 Å². The first-order valence-electron chi connectivity index (χ1n) is 8.46. The van der Waals surface area contributed by atoms with Crippen LogP contribution in [0.15, 0.2) is 89.1 Å². The highest BCUT2D eigenvalue weighted by atomic mass is 16.2. The second-order valence-corrected chi connectivity index (χ2v) is 5.62. The molecule has 0 saturated carbocycles. The van der Waals surface area contributed by atoms with Crippen LogP contribution in [0.5, 0.6) is 0 Å². The van der Waals surface area contributed by atoms with E-state index in [0.29, 0.717) is 22.5 Å². The van der Waals surface area contributed by atoms with Crippen molar-refractivity contribution in [2.24, 2.45) is 10.2 Å². The summed E-state index contributed by atoms with van der Waals surface area (Å²) in [6, 6.07) is 22.8. The zero-order valence-electron chi connectivity index (χ0n) is 14.8. The van der Waals surface area contributed by atoms with Crippen LogP contribution >= 0.6 is 0 Å². The predicted molar refractivity (Wildman–Crippen MR) is 107 cm³/mol. The van der Waals surface area contributed by atoms with Gasteiger partial charge in [-0.25, -0.2) is 15.8 Å². The smallest absolute Gasteiger partial charge is 0.267 e. The molecule has 0 saturated heterocycles. The molecule has 1 aromatic heterocycles. The molecule has 2 N–H and O–H groups in total. The lowest BCUT2D eigenvalue weighted by Gasteiger charge is -2.00. The van der Waals surface area contributed by atoms with Crippen molar-refractivity contribution in [1.29, 1.82) is 0 Å².